The molecule has 0 spiro atoms. The first kappa shape index (κ1) is 13.8. The van der Waals surface area contributed by atoms with E-state index in [4.69, 9.17) is 4.74 Å². The molecule has 1 N–H and O–H groups in total. The smallest absolute Gasteiger partial charge is 0.229 e. The number of ether oxygens (including phenoxy) is 1. The zero-order valence-electron chi connectivity index (χ0n) is 12.0. The van der Waals surface area contributed by atoms with Crippen LogP contribution in [0.4, 0.5) is 0 Å². The van der Waals surface area contributed by atoms with E-state index in [0.29, 0.717) is 31.1 Å². The summed E-state index contributed by atoms with van der Waals surface area (Å²) in [5.74, 6) is 1.47. The highest BCUT2D eigenvalue weighted by atomic mass is 16.5. The van der Waals surface area contributed by atoms with Crippen molar-refractivity contribution < 1.29 is 9.53 Å². The second-order valence-corrected chi connectivity index (χ2v) is 6.09. The summed E-state index contributed by atoms with van der Waals surface area (Å²) in [5, 5.41) is 3.20. The molecule has 0 aromatic rings. The molecule has 5 unspecified atom stereocenters. The summed E-state index contributed by atoms with van der Waals surface area (Å²) >= 11 is 0. The van der Waals surface area contributed by atoms with Crippen molar-refractivity contribution in [3.63, 3.8) is 0 Å². The molecule has 0 aromatic carbocycles. The summed E-state index contributed by atoms with van der Waals surface area (Å²) in [5.41, 5.74) is 0. The molecule has 1 amide bonds. The number of likely N-dealkylation sites (N-methyl/N-ethyl adjacent to an activating group) is 1. The van der Waals surface area contributed by atoms with Gasteiger partial charge in [-0.3, -0.25) is 4.79 Å². The van der Waals surface area contributed by atoms with Crippen LogP contribution in [0.15, 0.2) is 0 Å². The Morgan fingerprint density at radius 1 is 1.28 bits per heavy atom. The molecule has 2 aliphatic rings. The van der Waals surface area contributed by atoms with Gasteiger partial charge < -0.3 is 15.0 Å². The van der Waals surface area contributed by atoms with Crippen molar-refractivity contribution in [2.45, 2.75) is 39.3 Å². The fraction of sp³-hybridized carbons (Fsp3) is 0.929. The quantitative estimate of drug-likeness (QED) is 0.803. The summed E-state index contributed by atoms with van der Waals surface area (Å²) in [6, 6.07) is 0.532. The van der Waals surface area contributed by atoms with Crippen LogP contribution >= 0.6 is 0 Å². The van der Waals surface area contributed by atoms with E-state index in [1.54, 1.807) is 0 Å². The number of amides is 1. The topological polar surface area (TPSA) is 41.6 Å². The monoisotopic (exact) mass is 254 g/mol. The largest absolute Gasteiger partial charge is 0.379 e. The van der Waals surface area contributed by atoms with Gasteiger partial charge in [0.2, 0.25) is 5.91 Å². The predicted molar refractivity (Wildman–Crippen MR) is 71.3 cm³/mol. The van der Waals surface area contributed by atoms with Crippen molar-refractivity contribution in [1.29, 1.82) is 0 Å². The summed E-state index contributed by atoms with van der Waals surface area (Å²) in [6.45, 7) is 8.79. The lowest BCUT2D eigenvalue weighted by molar-refractivity contribution is -0.142. The Kier molecular flexibility index (Phi) is 4.28. The Balaban J connectivity index is 2.07. The van der Waals surface area contributed by atoms with Crippen molar-refractivity contribution in [2.24, 2.45) is 17.8 Å². The van der Waals surface area contributed by atoms with E-state index in [9.17, 15) is 4.79 Å². The highest BCUT2D eigenvalue weighted by Crippen LogP contribution is 2.29. The summed E-state index contributed by atoms with van der Waals surface area (Å²) in [6.07, 6.45) is 1.22. The molecular formula is C14H26N2O2. The van der Waals surface area contributed by atoms with Gasteiger partial charge in [-0.05, 0) is 32.2 Å². The molecule has 104 valence electrons. The molecule has 4 heteroatoms. The van der Waals surface area contributed by atoms with E-state index >= 15 is 0 Å². The molecule has 0 bridgehead atoms. The van der Waals surface area contributed by atoms with Gasteiger partial charge in [0.15, 0.2) is 0 Å². The van der Waals surface area contributed by atoms with Crippen LogP contribution in [0, 0.1) is 17.8 Å². The maximum Gasteiger partial charge on any atom is 0.229 e. The predicted octanol–water partition coefficient (Wildman–Crippen LogP) is 1.11. The minimum absolute atomic E-state index is 0.00468. The standard InChI is InChI=1S/C14H26N2O2/c1-9-5-10(2)11(3)16(6-9)14(17)12-7-18-8-13(12)15-4/h9-13,15H,5-8H2,1-4H3. The van der Waals surface area contributed by atoms with E-state index in [-0.39, 0.29) is 17.9 Å². The summed E-state index contributed by atoms with van der Waals surface area (Å²) in [7, 11) is 1.91. The lowest BCUT2D eigenvalue weighted by Crippen LogP contribution is -2.53. The first-order chi connectivity index (χ1) is 8.54. The Morgan fingerprint density at radius 3 is 2.67 bits per heavy atom. The number of likely N-dealkylation sites (tertiary alicyclic amines) is 1. The molecule has 0 aromatic heterocycles. The van der Waals surface area contributed by atoms with Gasteiger partial charge in [0, 0.05) is 18.6 Å². The number of piperidine rings is 1. The third-order valence-corrected chi connectivity index (χ3v) is 4.65. The molecule has 0 radical (unpaired) electrons. The second kappa shape index (κ2) is 5.57. The summed E-state index contributed by atoms with van der Waals surface area (Å²) < 4.78 is 5.45. The second-order valence-electron chi connectivity index (χ2n) is 6.09. The van der Waals surface area contributed by atoms with Gasteiger partial charge in [-0.25, -0.2) is 0 Å². The number of rotatable bonds is 2. The van der Waals surface area contributed by atoms with Gasteiger partial charge in [-0.1, -0.05) is 13.8 Å². The van der Waals surface area contributed by atoms with Crippen molar-refractivity contribution >= 4 is 5.91 Å². The zero-order chi connectivity index (χ0) is 13.3. The number of hydrogen-bond donors (Lipinski definition) is 1. The molecule has 2 heterocycles. The Labute approximate surface area is 110 Å². The maximum absolute atomic E-state index is 12.7. The van der Waals surface area contributed by atoms with Crippen LogP contribution in [0.3, 0.4) is 0 Å². The zero-order valence-corrected chi connectivity index (χ0v) is 12.0. The van der Waals surface area contributed by atoms with Crippen molar-refractivity contribution in [3.8, 4) is 0 Å². The third kappa shape index (κ3) is 2.54. The normalized spacial score (nSPS) is 41.1. The highest BCUT2D eigenvalue weighted by Gasteiger charge is 2.40. The fourth-order valence-corrected chi connectivity index (χ4v) is 3.30. The minimum Gasteiger partial charge on any atom is -0.379 e. The average molecular weight is 254 g/mol. The van der Waals surface area contributed by atoms with Gasteiger partial charge in [0.1, 0.15) is 0 Å². The first-order valence-corrected chi connectivity index (χ1v) is 7.10. The number of carbonyl (C=O) groups excluding carboxylic acids is 1. The molecule has 18 heavy (non-hydrogen) atoms. The van der Waals surface area contributed by atoms with E-state index in [1.807, 2.05) is 7.05 Å². The van der Waals surface area contributed by atoms with Crippen LogP contribution in [0.1, 0.15) is 27.2 Å². The molecule has 4 nitrogen and oxygen atoms in total. The number of carbonyl (C=O) groups is 1. The maximum atomic E-state index is 12.7. The fourth-order valence-electron chi connectivity index (χ4n) is 3.30. The molecule has 0 saturated carbocycles. The first-order valence-electron chi connectivity index (χ1n) is 7.10. The summed E-state index contributed by atoms with van der Waals surface area (Å²) in [4.78, 5) is 14.8. The van der Waals surface area contributed by atoms with Crippen molar-refractivity contribution in [1.82, 2.24) is 10.2 Å². The lowest BCUT2D eigenvalue weighted by atomic mass is 9.85. The highest BCUT2D eigenvalue weighted by molar-refractivity contribution is 5.80. The Morgan fingerprint density at radius 2 is 2.00 bits per heavy atom. The van der Waals surface area contributed by atoms with Gasteiger partial charge >= 0.3 is 0 Å². The number of hydrogen-bond acceptors (Lipinski definition) is 3. The van der Waals surface area contributed by atoms with Gasteiger partial charge in [0.05, 0.1) is 19.1 Å². The SMILES string of the molecule is CNC1COCC1C(=O)N1CC(C)CC(C)C1C. The molecule has 0 aliphatic carbocycles. The molecule has 2 fully saturated rings. The molecule has 2 aliphatic heterocycles. The van der Waals surface area contributed by atoms with Crippen LogP contribution in [0.5, 0.6) is 0 Å². The van der Waals surface area contributed by atoms with Crippen LogP contribution in [-0.4, -0.2) is 49.7 Å². The van der Waals surface area contributed by atoms with Crippen LogP contribution in [0.2, 0.25) is 0 Å². The van der Waals surface area contributed by atoms with Crippen molar-refractivity contribution in [3.05, 3.63) is 0 Å². The molecule has 5 atom stereocenters. The van der Waals surface area contributed by atoms with Crippen LogP contribution in [0.25, 0.3) is 0 Å². The van der Waals surface area contributed by atoms with Crippen LogP contribution < -0.4 is 5.32 Å². The van der Waals surface area contributed by atoms with Gasteiger partial charge in [-0.15, -0.1) is 0 Å². The molecule has 2 saturated heterocycles. The number of nitrogens with one attached hydrogen (secondary N) is 1. The van der Waals surface area contributed by atoms with E-state index in [0.717, 1.165) is 6.54 Å². The van der Waals surface area contributed by atoms with E-state index in [2.05, 4.69) is 31.0 Å². The Bertz CT molecular complexity index is 308. The van der Waals surface area contributed by atoms with E-state index in [1.165, 1.54) is 6.42 Å². The van der Waals surface area contributed by atoms with Gasteiger partial charge in [-0.2, -0.15) is 0 Å². The van der Waals surface area contributed by atoms with Crippen molar-refractivity contribution in [2.75, 3.05) is 26.8 Å². The van der Waals surface area contributed by atoms with Crippen LogP contribution in [-0.2, 0) is 9.53 Å². The average Bonchev–Trinajstić information content (AvgIpc) is 2.81. The third-order valence-electron chi connectivity index (χ3n) is 4.65. The Hall–Kier alpha value is -0.610. The van der Waals surface area contributed by atoms with E-state index < -0.39 is 0 Å². The van der Waals surface area contributed by atoms with Gasteiger partial charge in [0.25, 0.3) is 0 Å². The number of nitrogens with zero attached hydrogens (tertiary/aromatic N) is 1. The molecular weight excluding hydrogens is 228 g/mol. The lowest BCUT2D eigenvalue weighted by Gasteiger charge is -2.42. The molecule has 2 rings (SSSR count). The minimum atomic E-state index is -0.00468.